The predicted molar refractivity (Wildman–Crippen MR) is 114 cm³/mol. The zero-order valence-corrected chi connectivity index (χ0v) is 19.3. The van der Waals surface area contributed by atoms with Gasteiger partial charge in [-0.2, -0.15) is 0 Å². The van der Waals surface area contributed by atoms with Crippen molar-refractivity contribution in [1.29, 1.82) is 0 Å². The van der Waals surface area contributed by atoms with Crippen LogP contribution in [0.4, 0.5) is 0 Å². The van der Waals surface area contributed by atoms with Gasteiger partial charge in [-0.25, -0.2) is 0 Å². The predicted octanol–water partition coefficient (Wildman–Crippen LogP) is 6.17. The van der Waals surface area contributed by atoms with E-state index >= 15 is 0 Å². The molecule has 152 valence electrons. The summed E-state index contributed by atoms with van der Waals surface area (Å²) >= 11 is 0. The second-order valence-electron chi connectivity index (χ2n) is 11.1. The molecule has 27 heavy (non-hydrogen) atoms. The molecule has 4 aliphatic rings. The van der Waals surface area contributed by atoms with Gasteiger partial charge >= 0.3 is 0 Å². The van der Waals surface area contributed by atoms with Gasteiger partial charge in [-0.05, 0) is 106 Å². The fraction of sp³-hybridized carbons (Fsp3) is 0.870. The lowest BCUT2D eigenvalue weighted by Crippen LogP contribution is -2.52. The first kappa shape index (κ1) is 19.7. The van der Waals surface area contributed by atoms with E-state index in [9.17, 15) is 0 Å². The average Bonchev–Trinajstić information content (AvgIpc) is 2.90. The molecule has 4 aliphatic carbocycles. The second kappa shape index (κ2) is 6.72. The molecule has 0 unspecified atom stereocenters. The molecular weight excluding hydrogens is 350 g/mol. The van der Waals surface area contributed by atoms with E-state index in [1.54, 1.807) is 12.7 Å². The topological polar surface area (TPSA) is 30.8 Å². The molecule has 0 radical (unpaired) electrons. The molecule has 3 nitrogen and oxygen atoms in total. The van der Waals surface area contributed by atoms with Gasteiger partial charge in [0.15, 0.2) is 8.32 Å². The third-order valence-corrected chi connectivity index (χ3v) is 9.59. The third-order valence-electron chi connectivity index (χ3n) is 8.59. The third kappa shape index (κ3) is 3.25. The molecule has 4 heteroatoms. The van der Waals surface area contributed by atoms with E-state index in [0.29, 0.717) is 16.9 Å². The summed E-state index contributed by atoms with van der Waals surface area (Å²) in [5.41, 5.74) is 3.60. The first-order valence-corrected chi connectivity index (χ1v) is 14.6. The molecule has 0 amide bonds. The standard InChI is InChI=1S/C23H39NO2Si/c1-22-13-11-17(24-25-3)15-16(22)7-8-18-19-9-10-21(26-27(4,5)6)23(19,2)14-12-20(18)22/h15,18-21H,7-14H2,1-6H3/b24-17-/t18-,19-,20-,21-,22-,23-/m0/s1. The summed E-state index contributed by atoms with van der Waals surface area (Å²) in [5, 5.41) is 4.25. The van der Waals surface area contributed by atoms with Crippen molar-refractivity contribution in [2.45, 2.75) is 91.0 Å². The Balaban J connectivity index is 1.58. The van der Waals surface area contributed by atoms with Crippen LogP contribution in [0.3, 0.4) is 0 Å². The van der Waals surface area contributed by atoms with Crippen LogP contribution in [0.25, 0.3) is 0 Å². The van der Waals surface area contributed by atoms with E-state index in [-0.39, 0.29) is 0 Å². The lowest BCUT2D eigenvalue weighted by Gasteiger charge is -2.58. The molecular formula is C23H39NO2Si. The molecule has 0 bridgehead atoms. The van der Waals surface area contributed by atoms with E-state index in [0.717, 1.165) is 29.9 Å². The highest BCUT2D eigenvalue weighted by atomic mass is 28.4. The number of nitrogens with zero attached hydrogens (tertiary/aromatic N) is 1. The van der Waals surface area contributed by atoms with Gasteiger partial charge in [0.05, 0.1) is 11.8 Å². The number of allylic oxidation sites excluding steroid dienone is 2. The SMILES string of the molecule is CO/N=C1\C=C2CC[C@H]3[C@@H]4CC[C@H](O[Si](C)(C)C)[C@@]4(C)CC[C@@H]3[C@@]2(C)CC1. The van der Waals surface area contributed by atoms with Crippen molar-refractivity contribution >= 4 is 14.0 Å². The molecule has 3 saturated carbocycles. The highest BCUT2D eigenvalue weighted by Crippen LogP contribution is 2.65. The van der Waals surface area contributed by atoms with Crippen LogP contribution in [-0.2, 0) is 9.26 Å². The molecule has 6 atom stereocenters. The molecule has 0 aromatic heterocycles. The summed E-state index contributed by atoms with van der Waals surface area (Å²) < 4.78 is 6.72. The fourth-order valence-corrected chi connectivity index (χ4v) is 8.57. The van der Waals surface area contributed by atoms with E-state index in [1.807, 2.05) is 0 Å². The molecule has 3 fully saturated rings. The Hall–Kier alpha value is -0.613. The fourth-order valence-electron chi connectivity index (χ4n) is 7.33. The summed E-state index contributed by atoms with van der Waals surface area (Å²) in [7, 11) is 0.182. The molecule has 0 heterocycles. The van der Waals surface area contributed by atoms with Crippen LogP contribution in [-0.4, -0.2) is 27.2 Å². The zero-order chi connectivity index (χ0) is 19.4. The smallest absolute Gasteiger partial charge is 0.184 e. The Morgan fingerprint density at radius 3 is 2.48 bits per heavy atom. The summed E-state index contributed by atoms with van der Waals surface area (Å²) in [6.07, 6.45) is 13.2. The molecule has 0 aliphatic heterocycles. The van der Waals surface area contributed by atoms with Gasteiger partial charge < -0.3 is 9.26 Å². The molecule has 0 saturated heterocycles. The second-order valence-corrected chi connectivity index (χ2v) is 15.6. The van der Waals surface area contributed by atoms with Gasteiger partial charge in [0.2, 0.25) is 0 Å². The minimum Gasteiger partial charge on any atom is -0.414 e. The van der Waals surface area contributed by atoms with Crippen molar-refractivity contribution in [3.63, 3.8) is 0 Å². The number of hydrogen-bond donors (Lipinski definition) is 0. The molecule has 0 aromatic rings. The summed E-state index contributed by atoms with van der Waals surface area (Å²) in [4.78, 5) is 5.05. The lowest BCUT2D eigenvalue weighted by atomic mass is 9.47. The first-order valence-electron chi connectivity index (χ1n) is 11.2. The van der Waals surface area contributed by atoms with E-state index in [1.165, 1.54) is 44.9 Å². The number of oxime groups is 1. The minimum atomic E-state index is -1.48. The Morgan fingerprint density at radius 2 is 1.78 bits per heavy atom. The van der Waals surface area contributed by atoms with E-state index < -0.39 is 8.32 Å². The van der Waals surface area contributed by atoms with Crippen LogP contribution < -0.4 is 0 Å². The van der Waals surface area contributed by atoms with Crippen molar-refractivity contribution in [3.8, 4) is 0 Å². The van der Waals surface area contributed by atoms with Crippen LogP contribution in [0, 0.1) is 28.6 Å². The Bertz CT molecular complexity index is 651. The van der Waals surface area contributed by atoms with E-state index in [4.69, 9.17) is 9.26 Å². The van der Waals surface area contributed by atoms with Gasteiger partial charge in [0.25, 0.3) is 0 Å². The number of hydrogen-bond acceptors (Lipinski definition) is 3. The highest BCUT2D eigenvalue weighted by molar-refractivity contribution is 6.69. The van der Waals surface area contributed by atoms with Crippen LogP contribution in [0.2, 0.25) is 19.6 Å². The maximum atomic E-state index is 6.72. The van der Waals surface area contributed by atoms with Crippen LogP contribution >= 0.6 is 0 Å². The van der Waals surface area contributed by atoms with Gasteiger partial charge in [-0.1, -0.05) is 24.6 Å². The van der Waals surface area contributed by atoms with Gasteiger partial charge in [0, 0.05) is 0 Å². The lowest BCUT2D eigenvalue weighted by molar-refractivity contribution is -0.0675. The zero-order valence-electron chi connectivity index (χ0n) is 18.3. The van der Waals surface area contributed by atoms with Crippen molar-refractivity contribution in [3.05, 3.63) is 11.6 Å². The number of rotatable bonds is 3. The molecule has 4 rings (SSSR count). The maximum absolute atomic E-state index is 6.72. The number of fused-ring (bicyclic) bond motifs is 5. The monoisotopic (exact) mass is 389 g/mol. The van der Waals surface area contributed by atoms with Crippen molar-refractivity contribution in [2.75, 3.05) is 7.11 Å². The Morgan fingerprint density at radius 1 is 1.00 bits per heavy atom. The molecule has 0 aromatic carbocycles. The van der Waals surface area contributed by atoms with Crippen LogP contribution in [0.15, 0.2) is 16.8 Å². The Kier molecular flexibility index (Phi) is 4.90. The van der Waals surface area contributed by atoms with E-state index in [2.05, 4.69) is 44.7 Å². The quantitative estimate of drug-likeness (QED) is 0.427. The first-order chi connectivity index (χ1) is 12.7. The normalized spacial score (nSPS) is 45.7. The van der Waals surface area contributed by atoms with Crippen molar-refractivity contribution in [2.24, 2.45) is 33.7 Å². The summed E-state index contributed by atoms with van der Waals surface area (Å²) in [6, 6.07) is 0. The van der Waals surface area contributed by atoms with Crippen LogP contribution in [0.1, 0.15) is 65.2 Å². The summed E-state index contributed by atoms with van der Waals surface area (Å²) in [5.74, 6) is 2.61. The largest absolute Gasteiger partial charge is 0.414 e. The maximum Gasteiger partial charge on any atom is 0.184 e. The molecule has 0 N–H and O–H groups in total. The van der Waals surface area contributed by atoms with Gasteiger partial charge in [0.1, 0.15) is 7.11 Å². The van der Waals surface area contributed by atoms with Crippen molar-refractivity contribution in [1.82, 2.24) is 0 Å². The average molecular weight is 390 g/mol. The van der Waals surface area contributed by atoms with Gasteiger partial charge in [-0.3, -0.25) is 0 Å². The molecule has 0 spiro atoms. The van der Waals surface area contributed by atoms with Crippen LogP contribution in [0.5, 0.6) is 0 Å². The minimum absolute atomic E-state index is 0.384. The summed E-state index contributed by atoms with van der Waals surface area (Å²) in [6.45, 7) is 12.2. The van der Waals surface area contributed by atoms with Crippen molar-refractivity contribution < 1.29 is 9.26 Å². The Labute approximate surface area is 167 Å². The van der Waals surface area contributed by atoms with Gasteiger partial charge in [-0.15, -0.1) is 0 Å². The highest BCUT2D eigenvalue weighted by Gasteiger charge is 2.59.